The molecule has 8 heteroatoms. The van der Waals surface area contributed by atoms with Crippen LogP contribution in [0, 0.1) is 5.92 Å². The lowest BCUT2D eigenvalue weighted by Crippen LogP contribution is -2.57. The first-order valence-corrected chi connectivity index (χ1v) is 11.1. The Morgan fingerprint density at radius 1 is 1.24 bits per heavy atom. The van der Waals surface area contributed by atoms with E-state index in [2.05, 4.69) is 14.6 Å². The van der Waals surface area contributed by atoms with Crippen LogP contribution in [-0.4, -0.2) is 74.4 Å². The highest BCUT2D eigenvalue weighted by molar-refractivity contribution is 7.13. The molecular formula is C21H29N3O4S. The van der Waals surface area contributed by atoms with Crippen molar-refractivity contribution in [2.75, 3.05) is 53.2 Å². The minimum Gasteiger partial charge on any atom is -0.493 e. The maximum Gasteiger partial charge on any atom is 0.271 e. The van der Waals surface area contributed by atoms with Crippen molar-refractivity contribution in [1.82, 2.24) is 14.6 Å². The van der Waals surface area contributed by atoms with Gasteiger partial charge in [-0.2, -0.15) is 4.37 Å². The zero-order chi connectivity index (χ0) is 20.1. The van der Waals surface area contributed by atoms with Crippen molar-refractivity contribution in [2.24, 2.45) is 5.92 Å². The van der Waals surface area contributed by atoms with Crippen molar-refractivity contribution in [3.05, 3.63) is 23.9 Å². The molecule has 1 amide bonds. The minimum absolute atomic E-state index is 0.0584. The van der Waals surface area contributed by atoms with Gasteiger partial charge in [0.05, 0.1) is 24.5 Å². The molecule has 4 heterocycles. The average Bonchev–Trinajstić information content (AvgIpc) is 3.17. The number of nitrogens with one attached hydrogen (secondary N) is 1. The monoisotopic (exact) mass is 419 g/mol. The number of aromatic nitrogens is 1. The third-order valence-corrected chi connectivity index (χ3v) is 6.57. The highest BCUT2D eigenvalue weighted by Crippen LogP contribution is 2.30. The smallest absolute Gasteiger partial charge is 0.271 e. The number of hydrogen-bond acceptors (Lipinski definition) is 7. The Labute approximate surface area is 175 Å². The third kappa shape index (κ3) is 5.06. The highest BCUT2D eigenvalue weighted by atomic mass is 32.1. The molecule has 1 N–H and O–H groups in total. The Balaban J connectivity index is 1.30. The molecule has 0 spiro atoms. The van der Waals surface area contributed by atoms with Gasteiger partial charge in [0.15, 0.2) is 0 Å². The van der Waals surface area contributed by atoms with E-state index >= 15 is 0 Å². The van der Waals surface area contributed by atoms with E-state index in [4.69, 9.17) is 14.2 Å². The van der Waals surface area contributed by atoms with Gasteiger partial charge >= 0.3 is 0 Å². The van der Waals surface area contributed by atoms with Gasteiger partial charge in [-0.3, -0.25) is 4.79 Å². The quantitative estimate of drug-likeness (QED) is 0.597. The summed E-state index contributed by atoms with van der Waals surface area (Å²) in [7, 11) is 1.66. The summed E-state index contributed by atoms with van der Waals surface area (Å²) in [5.74, 6) is 1.34. The highest BCUT2D eigenvalue weighted by Gasteiger charge is 2.35. The van der Waals surface area contributed by atoms with Gasteiger partial charge in [0.1, 0.15) is 11.4 Å². The molecule has 158 valence electrons. The molecule has 1 aromatic carbocycles. The van der Waals surface area contributed by atoms with Gasteiger partial charge in [-0.1, -0.05) is 0 Å². The Morgan fingerprint density at radius 3 is 2.86 bits per heavy atom. The summed E-state index contributed by atoms with van der Waals surface area (Å²) in [6.45, 7) is 5.75. The fourth-order valence-electron chi connectivity index (χ4n) is 4.13. The molecule has 1 aromatic heterocycles. The van der Waals surface area contributed by atoms with Gasteiger partial charge in [-0.25, -0.2) is 0 Å². The van der Waals surface area contributed by atoms with Crippen LogP contribution in [0.4, 0.5) is 0 Å². The fourth-order valence-corrected chi connectivity index (χ4v) is 4.93. The van der Waals surface area contributed by atoms with Gasteiger partial charge < -0.3 is 24.4 Å². The van der Waals surface area contributed by atoms with Crippen molar-refractivity contribution in [3.63, 3.8) is 0 Å². The lowest BCUT2D eigenvalue weighted by Gasteiger charge is -2.44. The molecule has 2 bridgehead atoms. The maximum absolute atomic E-state index is 12.8. The van der Waals surface area contributed by atoms with Gasteiger partial charge in [0, 0.05) is 38.1 Å². The normalized spacial score (nSPS) is 23.4. The molecule has 0 saturated carbocycles. The molecule has 2 aromatic rings. The van der Waals surface area contributed by atoms with Crippen molar-refractivity contribution in [1.29, 1.82) is 0 Å². The topological polar surface area (TPSA) is 72.9 Å². The molecule has 0 unspecified atom stereocenters. The zero-order valence-corrected chi connectivity index (χ0v) is 17.7. The maximum atomic E-state index is 12.8. The number of hydrogen-bond donors (Lipinski definition) is 1. The molecule has 0 radical (unpaired) electrons. The summed E-state index contributed by atoms with van der Waals surface area (Å²) in [6.07, 6.45) is 3.18. The Hall–Kier alpha value is -1.74. The van der Waals surface area contributed by atoms with Crippen molar-refractivity contribution in [3.8, 4) is 5.75 Å². The number of benzene rings is 1. The van der Waals surface area contributed by atoms with Crippen LogP contribution in [0.5, 0.6) is 5.75 Å². The van der Waals surface area contributed by atoms with Crippen LogP contribution in [0.3, 0.4) is 0 Å². The lowest BCUT2D eigenvalue weighted by molar-refractivity contribution is 0.0619. The van der Waals surface area contributed by atoms with E-state index in [0.717, 1.165) is 28.8 Å². The molecule has 3 aliphatic heterocycles. The lowest BCUT2D eigenvalue weighted by atomic mass is 9.84. The summed E-state index contributed by atoms with van der Waals surface area (Å²) in [6, 6.07) is 6.06. The standard InChI is InChI=1S/C21H29N3O4S/c1-26-11-12-27-9-2-10-28-16-3-4-17-19(13-16)29-23-20(17)21(25)22-18-14-24-7-5-15(18)6-8-24/h3-4,13,15,18H,2,5-12,14H2,1H3,(H,22,25)/t18-/m1/s1. The van der Waals surface area contributed by atoms with E-state index in [0.29, 0.717) is 38.0 Å². The van der Waals surface area contributed by atoms with E-state index in [-0.39, 0.29) is 11.9 Å². The SMILES string of the molecule is COCCOCCCOc1ccc2c(C(=O)N[C@@H]3CN4CCC3CC4)nsc2c1. The molecular weight excluding hydrogens is 390 g/mol. The summed E-state index contributed by atoms with van der Waals surface area (Å²) in [5.41, 5.74) is 0.527. The number of methoxy groups -OCH3 is 1. The molecule has 5 rings (SSSR count). The van der Waals surface area contributed by atoms with Crippen LogP contribution < -0.4 is 10.1 Å². The van der Waals surface area contributed by atoms with E-state index in [1.54, 1.807) is 7.11 Å². The van der Waals surface area contributed by atoms with Crippen LogP contribution >= 0.6 is 11.5 Å². The van der Waals surface area contributed by atoms with Crippen molar-refractivity contribution in [2.45, 2.75) is 25.3 Å². The number of amides is 1. The predicted octanol–water partition coefficient (Wildman–Crippen LogP) is 2.55. The third-order valence-electron chi connectivity index (χ3n) is 5.76. The summed E-state index contributed by atoms with van der Waals surface area (Å²) in [4.78, 5) is 15.3. The van der Waals surface area contributed by atoms with Crippen molar-refractivity contribution < 1.29 is 19.0 Å². The number of ether oxygens (including phenoxy) is 3. The summed E-state index contributed by atoms with van der Waals surface area (Å²) < 4.78 is 21.6. The molecule has 7 nitrogen and oxygen atoms in total. The molecule has 3 saturated heterocycles. The summed E-state index contributed by atoms with van der Waals surface area (Å²) >= 11 is 1.35. The first kappa shape index (κ1) is 20.5. The van der Waals surface area contributed by atoms with Gasteiger partial charge in [-0.05, 0) is 61.6 Å². The average molecular weight is 420 g/mol. The van der Waals surface area contributed by atoms with Crippen LogP contribution in [0.25, 0.3) is 10.1 Å². The van der Waals surface area contributed by atoms with Crippen LogP contribution in [0.1, 0.15) is 29.8 Å². The predicted molar refractivity (Wildman–Crippen MR) is 113 cm³/mol. The Bertz CT molecular complexity index is 819. The first-order chi connectivity index (χ1) is 14.2. The Kier molecular flexibility index (Phi) is 6.97. The van der Waals surface area contributed by atoms with Gasteiger partial charge in [0.2, 0.25) is 0 Å². The van der Waals surface area contributed by atoms with Gasteiger partial charge in [-0.15, -0.1) is 0 Å². The second kappa shape index (κ2) is 9.84. The van der Waals surface area contributed by atoms with Gasteiger partial charge in [0.25, 0.3) is 5.91 Å². The minimum atomic E-state index is -0.0584. The molecule has 3 fully saturated rings. The number of carbonyl (C=O) groups is 1. The number of nitrogens with zero attached hydrogens (tertiary/aromatic N) is 2. The van der Waals surface area contributed by atoms with E-state index in [9.17, 15) is 4.79 Å². The molecule has 29 heavy (non-hydrogen) atoms. The first-order valence-electron chi connectivity index (χ1n) is 10.4. The van der Waals surface area contributed by atoms with Crippen LogP contribution in [0.15, 0.2) is 18.2 Å². The number of piperidine rings is 3. The second-order valence-corrected chi connectivity index (χ2v) is 8.52. The molecule has 3 aliphatic rings. The second-order valence-electron chi connectivity index (χ2n) is 7.71. The molecule has 0 aliphatic carbocycles. The number of carbonyl (C=O) groups excluding carboxylic acids is 1. The Morgan fingerprint density at radius 2 is 2.10 bits per heavy atom. The largest absolute Gasteiger partial charge is 0.493 e. The van der Waals surface area contributed by atoms with Crippen LogP contribution in [-0.2, 0) is 9.47 Å². The van der Waals surface area contributed by atoms with E-state index in [1.807, 2.05) is 18.2 Å². The van der Waals surface area contributed by atoms with E-state index < -0.39 is 0 Å². The van der Waals surface area contributed by atoms with Crippen LogP contribution in [0.2, 0.25) is 0 Å². The number of rotatable bonds is 10. The van der Waals surface area contributed by atoms with E-state index in [1.165, 1.54) is 37.5 Å². The summed E-state index contributed by atoms with van der Waals surface area (Å²) in [5, 5.41) is 4.12. The van der Waals surface area contributed by atoms with Crippen molar-refractivity contribution >= 4 is 27.5 Å². The fraction of sp³-hybridized carbons (Fsp3) is 0.619. The molecule has 1 atom stereocenters. The zero-order valence-electron chi connectivity index (χ0n) is 16.9. The number of fused-ring (bicyclic) bond motifs is 4.